The summed E-state index contributed by atoms with van der Waals surface area (Å²) >= 11 is 1.67. The lowest BCUT2D eigenvalue weighted by Gasteiger charge is -2.31. The largest absolute Gasteiger partial charge is 0.497 e. The molecular weight excluding hydrogens is 479 g/mol. The zero-order chi connectivity index (χ0) is 25.2. The van der Waals surface area contributed by atoms with Crippen molar-refractivity contribution in [3.05, 3.63) is 53.2 Å². The Hall–Kier alpha value is -3.53. The number of thiophene rings is 1. The number of halogens is 1. The first-order valence-corrected chi connectivity index (χ1v) is 13.0. The number of nitrogens with zero attached hydrogens (tertiary/aromatic N) is 5. The van der Waals surface area contributed by atoms with Crippen molar-refractivity contribution in [2.75, 3.05) is 25.9 Å². The number of nitrogens with two attached hydrogens (primary N) is 1. The predicted octanol–water partition coefficient (Wildman–Crippen LogP) is 4.52. The number of ether oxygens (including phenoxy) is 1. The Kier molecular flexibility index (Phi) is 6.86. The number of amides is 1. The van der Waals surface area contributed by atoms with Crippen LogP contribution in [0.1, 0.15) is 37.6 Å². The number of aromatic nitrogens is 4. The minimum Gasteiger partial charge on any atom is -0.497 e. The molecule has 0 bridgehead atoms. The van der Waals surface area contributed by atoms with Crippen LogP contribution in [-0.2, 0) is 17.8 Å². The number of hydrogen-bond acceptors (Lipinski definition) is 7. The van der Waals surface area contributed by atoms with E-state index in [-0.39, 0.29) is 11.7 Å². The SMILES string of the molecule is COc1ccc(-c2cccs2)c(Cc2nc3c(N)nc(F)nc3n2CCC2CCN(C(C)=O)CC2)c1. The number of piperidine rings is 1. The zero-order valence-corrected chi connectivity index (χ0v) is 21.2. The van der Waals surface area contributed by atoms with Gasteiger partial charge in [0.25, 0.3) is 0 Å². The van der Waals surface area contributed by atoms with E-state index >= 15 is 0 Å². The van der Waals surface area contributed by atoms with Gasteiger partial charge in [-0.2, -0.15) is 14.4 Å². The van der Waals surface area contributed by atoms with Gasteiger partial charge in [0.1, 0.15) is 11.6 Å². The number of aryl methyl sites for hydroxylation is 1. The minimum atomic E-state index is -0.858. The summed E-state index contributed by atoms with van der Waals surface area (Å²) in [6, 6.07) is 10.1. The van der Waals surface area contributed by atoms with Gasteiger partial charge < -0.3 is 19.9 Å². The van der Waals surface area contributed by atoms with Crippen LogP contribution in [0.3, 0.4) is 0 Å². The summed E-state index contributed by atoms with van der Waals surface area (Å²) < 4.78 is 21.7. The van der Waals surface area contributed by atoms with Crippen LogP contribution in [0.5, 0.6) is 5.75 Å². The van der Waals surface area contributed by atoms with Gasteiger partial charge in [-0.3, -0.25) is 4.79 Å². The third-order valence-corrected chi connectivity index (χ3v) is 7.84. The normalized spacial score (nSPS) is 14.5. The Morgan fingerprint density at radius 3 is 2.72 bits per heavy atom. The molecule has 1 saturated heterocycles. The molecule has 188 valence electrons. The van der Waals surface area contributed by atoms with Crippen molar-refractivity contribution in [3.63, 3.8) is 0 Å². The smallest absolute Gasteiger partial charge is 0.312 e. The average Bonchev–Trinajstić information content (AvgIpc) is 3.52. The number of likely N-dealkylation sites (tertiary alicyclic amines) is 1. The maximum Gasteiger partial charge on any atom is 0.312 e. The first-order valence-electron chi connectivity index (χ1n) is 12.1. The molecule has 0 atom stereocenters. The van der Waals surface area contributed by atoms with Crippen LogP contribution in [0.2, 0.25) is 0 Å². The quantitative estimate of drug-likeness (QED) is 0.369. The highest BCUT2D eigenvalue weighted by atomic mass is 32.1. The number of fused-ring (bicyclic) bond motifs is 1. The number of carbonyl (C=O) groups is 1. The molecule has 2 N–H and O–H groups in total. The molecule has 1 aliphatic rings. The van der Waals surface area contributed by atoms with Crippen LogP contribution in [0.15, 0.2) is 35.7 Å². The van der Waals surface area contributed by atoms with E-state index < -0.39 is 6.08 Å². The number of methoxy groups -OCH3 is 1. The van der Waals surface area contributed by atoms with Gasteiger partial charge in [-0.25, -0.2) is 4.98 Å². The lowest BCUT2D eigenvalue weighted by Crippen LogP contribution is -2.37. The molecule has 3 aromatic heterocycles. The van der Waals surface area contributed by atoms with E-state index in [4.69, 9.17) is 15.5 Å². The van der Waals surface area contributed by atoms with Crippen molar-refractivity contribution in [1.29, 1.82) is 0 Å². The number of benzene rings is 1. The molecule has 4 heterocycles. The second kappa shape index (κ2) is 10.2. The van der Waals surface area contributed by atoms with E-state index in [9.17, 15) is 9.18 Å². The molecule has 1 aromatic carbocycles. The van der Waals surface area contributed by atoms with E-state index in [1.807, 2.05) is 27.7 Å². The molecule has 0 spiro atoms. The number of carbonyl (C=O) groups excluding carboxylic acids is 1. The number of rotatable bonds is 7. The highest BCUT2D eigenvalue weighted by Crippen LogP contribution is 2.33. The van der Waals surface area contributed by atoms with Crippen molar-refractivity contribution in [2.45, 2.75) is 39.2 Å². The maximum absolute atomic E-state index is 14.2. The second-order valence-electron chi connectivity index (χ2n) is 9.15. The van der Waals surface area contributed by atoms with E-state index in [1.54, 1.807) is 25.4 Å². The van der Waals surface area contributed by atoms with Crippen molar-refractivity contribution in [2.24, 2.45) is 5.92 Å². The van der Waals surface area contributed by atoms with Gasteiger partial charge in [0.15, 0.2) is 17.0 Å². The fourth-order valence-electron chi connectivity index (χ4n) is 4.94. The summed E-state index contributed by atoms with van der Waals surface area (Å²) in [5, 5.41) is 2.05. The van der Waals surface area contributed by atoms with Gasteiger partial charge in [-0.05, 0) is 66.0 Å². The van der Waals surface area contributed by atoms with Crippen molar-refractivity contribution in [3.8, 4) is 16.2 Å². The molecule has 0 unspecified atom stereocenters. The highest BCUT2D eigenvalue weighted by Gasteiger charge is 2.23. The Labute approximate surface area is 212 Å². The Bertz CT molecular complexity index is 1380. The third kappa shape index (κ3) is 4.90. The summed E-state index contributed by atoms with van der Waals surface area (Å²) in [6.45, 7) is 3.79. The van der Waals surface area contributed by atoms with Crippen LogP contribution >= 0.6 is 11.3 Å². The van der Waals surface area contributed by atoms with Crippen LogP contribution < -0.4 is 10.5 Å². The molecule has 1 fully saturated rings. The summed E-state index contributed by atoms with van der Waals surface area (Å²) in [7, 11) is 1.65. The molecule has 0 radical (unpaired) electrons. The van der Waals surface area contributed by atoms with Crippen molar-refractivity contribution in [1.82, 2.24) is 24.4 Å². The first-order chi connectivity index (χ1) is 17.4. The second-order valence-corrected chi connectivity index (χ2v) is 10.1. The number of hydrogen-bond donors (Lipinski definition) is 1. The lowest BCUT2D eigenvalue weighted by atomic mass is 9.93. The monoisotopic (exact) mass is 508 g/mol. The van der Waals surface area contributed by atoms with Gasteiger partial charge >= 0.3 is 6.08 Å². The average molecular weight is 509 g/mol. The highest BCUT2D eigenvalue weighted by molar-refractivity contribution is 7.13. The van der Waals surface area contributed by atoms with Crippen molar-refractivity contribution >= 4 is 34.2 Å². The van der Waals surface area contributed by atoms with Gasteiger partial charge in [-0.1, -0.05) is 6.07 Å². The van der Waals surface area contributed by atoms with E-state index in [1.165, 1.54) is 0 Å². The molecule has 10 heteroatoms. The Morgan fingerprint density at radius 2 is 2.03 bits per heavy atom. The number of anilines is 1. The lowest BCUT2D eigenvalue weighted by molar-refractivity contribution is -0.130. The third-order valence-electron chi connectivity index (χ3n) is 6.94. The van der Waals surface area contributed by atoms with E-state index in [0.717, 1.165) is 59.9 Å². The zero-order valence-electron chi connectivity index (χ0n) is 20.4. The van der Waals surface area contributed by atoms with E-state index in [2.05, 4.69) is 27.5 Å². The van der Waals surface area contributed by atoms with Gasteiger partial charge in [0.05, 0.1) is 7.11 Å². The minimum absolute atomic E-state index is 0.0383. The van der Waals surface area contributed by atoms with Gasteiger partial charge in [0, 0.05) is 37.9 Å². The fraction of sp³-hybridized carbons (Fsp3) is 0.385. The summed E-state index contributed by atoms with van der Waals surface area (Å²) in [4.78, 5) is 27.3. The Balaban J connectivity index is 1.48. The molecule has 5 rings (SSSR count). The molecule has 8 nitrogen and oxygen atoms in total. The number of imidazole rings is 1. The molecular formula is C26H29FN6O2S. The number of nitrogen functional groups attached to an aromatic ring is 1. The Morgan fingerprint density at radius 1 is 1.22 bits per heavy atom. The van der Waals surface area contributed by atoms with Crippen LogP contribution in [0.4, 0.5) is 10.2 Å². The van der Waals surface area contributed by atoms with Crippen LogP contribution in [-0.4, -0.2) is 50.5 Å². The summed E-state index contributed by atoms with van der Waals surface area (Å²) in [5.74, 6) is 2.14. The molecule has 1 aliphatic heterocycles. The summed E-state index contributed by atoms with van der Waals surface area (Å²) in [6.07, 6.45) is 2.43. The molecule has 0 aliphatic carbocycles. The van der Waals surface area contributed by atoms with Gasteiger partial charge in [-0.15, -0.1) is 11.3 Å². The molecule has 4 aromatic rings. The first kappa shape index (κ1) is 24.2. The predicted molar refractivity (Wildman–Crippen MR) is 138 cm³/mol. The fourth-order valence-corrected chi connectivity index (χ4v) is 5.73. The van der Waals surface area contributed by atoms with Crippen molar-refractivity contribution < 1.29 is 13.9 Å². The topological polar surface area (TPSA) is 99.2 Å². The maximum atomic E-state index is 14.2. The molecule has 1 amide bonds. The van der Waals surface area contributed by atoms with E-state index in [0.29, 0.717) is 30.0 Å². The molecule has 0 saturated carbocycles. The standard InChI is InChI=1S/C26H29FN6O2S/c1-16(34)32-10-7-17(8-11-32)9-12-33-22(29-23-24(28)30-26(27)31-25(23)33)15-18-14-19(35-2)5-6-20(18)21-4-3-13-36-21/h3-6,13-14,17H,7-12,15H2,1-2H3,(H2,28,30,31). The van der Waals surface area contributed by atoms with Crippen LogP contribution in [0, 0.1) is 12.0 Å². The van der Waals surface area contributed by atoms with Gasteiger partial charge in [0.2, 0.25) is 5.91 Å². The van der Waals surface area contributed by atoms with Crippen LogP contribution in [0.25, 0.3) is 21.6 Å². The summed E-state index contributed by atoms with van der Waals surface area (Å²) in [5.41, 5.74) is 9.03. The molecule has 36 heavy (non-hydrogen) atoms.